The normalized spacial score (nSPS) is 16.3. The fraction of sp³-hybridized carbons (Fsp3) is 0.308. The fourth-order valence-electron chi connectivity index (χ4n) is 4.33. The number of nitrogens with zero attached hydrogens (tertiary/aromatic N) is 2. The van der Waals surface area contributed by atoms with Gasteiger partial charge in [0.15, 0.2) is 22.9 Å². The minimum Gasteiger partial charge on any atom is -0.503 e. The van der Waals surface area contributed by atoms with Crippen LogP contribution >= 0.6 is 0 Å². The van der Waals surface area contributed by atoms with E-state index in [1.54, 1.807) is 17.0 Å². The van der Waals surface area contributed by atoms with E-state index in [1.807, 2.05) is 42.5 Å². The zero-order chi connectivity index (χ0) is 23.5. The van der Waals surface area contributed by atoms with Crippen LogP contribution in [0.4, 0.5) is 0 Å². The minimum atomic E-state index is -0.697. The highest BCUT2D eigenvalue weighted by Gasteiger charge is 2.44. The molecule has 0 bridgehead atoms. The lowest BCUT2D eigenvalue weighted by molar-refractivity contribution is -0.129. The molecule has 4 rings (SSSR count). The molecule has 0 radical (unpaired) electrons. The van der Waals surface area contributed by atoms with Crippen molar-refractivity contribution in [3.63, 3.8) is 0 Å². The van der Waals surface area contributed by atoms with Crippen molar-refractivity contribution < 1.29 is 23.8 Å². The smallest absolute Gasteiger partial charge is 0.290 e. The maximum absolute atomic E-state index is 13.6. The average Bonchev–Trinajstić information content (AvgIpc) is 3.39. The van der Waals surface area contributed by atoms with Gasteiger partial charge in [-0.3, -0.25) is 9.59 Å². The molecule has 1 aromatic heterocycles. The number of fused-ring (bicyclic) bond motifs is 1. The molecule has 2 aromatic carbocycles. The van der Waals surface area contributed by atoms with Crippen LogP contribution in [-0.4, -0.2) is 59.9 Å². The van der Waals surface area contributed by atoms with Crippen molar-refractivity contribution in [1.82, 2.24) is 9.80 Å². The number of likely N-dealkylation sites (N-methyl/N-ethyl adjacent to an activating group) is 1. The minimum absolute atomic E-state index is 0.0313. The number of carbonyl (C=O) groups excluding carboxylic acids is 2. The molecular formula is C26H28N2O5. The van der Waals surface area contributed by atoms with E-state index >= 15 is 0 Å². The molecule has 172 valence electrons. The number of rotatable bonds is 9. The maximum atomic E-state index is 13.6. The van der Waals surface area contributed by atoms with Gasteiger partial charge < -0.3 is 24.1 Å². The number of ether oxygens (including phenoxy) is 1. The van der Waals surface area contributed by atoms with Crippen molar-refractivity contribution in [2.24, 2.45) is 0 Å². The fourth-order valence-corrected chi connectivity index (χ4v) is 4.33. The van der Waals surface area contributed by atoms with E-state index in [4.69, 9.17) is 9.15 Å². The number of carbonyl (C=O) groups is 2. The van der Waals surface area contributed by atoms with Gasteiger partial charge in [0.25, 0.3) is 5.91 Å². The number of aliphatic hydroxyl groups is 1. The summed E-state index contributed by atoms with van der Waals surface area (Å²) < 4.78 is 11.2. The second-order valence-corrected chi connectivity index (χ2v) is 7.92. The summed E-state index contributed by atoms with van der Waals surface area (Å²) in [5.41, 5.74) is 1.23. The second kappa shape index (κ2) is 9.50. The molecule has 0 spiro atoms. The van der Waals surface area contributed by atoms with E-state index in [2.05, 4.69) is 18.7 Å². The Hall–Kier alpha value is -3.58. The number of furan rings is 1. The Kier molecular flexibility index (Phi) is 6.51. The van der Waals surface area contributed by atoms with Gasteiger partial charge in [0.1, 0.15) is 0 Å². The largest absolute Gasteiger partial charge is 0.503 e. The SMILES string of the molecule is CCN(CC)CCN1C(=O)C(O)=C(C(=O)c2cc3cccc(OC)c3o2)[C@H]1c1ccccc1. The van der Waals surface area contributed by atoms with Crippen LogP contribution in [-0.2, 0) is 4.79 Å². The van der Waals surface area contributed by atoms with Crippen LogP contribution in [0.1, 0.15) is 36.0 Å². The molecule has 2 heterocycles. The lowest BCUT2D eigenvalue weighted by Crippen LogP contribution is -2.38. The zero-order valence-corrected chi connectivity index (χ0v) is 19.1. The third-order valence-corrected chi connectivity index (χ3v) is 6.17. The molecule has 1 amide bonds. The Morgan fingerprint density at radius 1 is 1.12 bits per heavy atom. The first-order chi connectivity index (χ1) is 16.0. The number of Topliss-reactive ketones (excluding diaryl/α,β-unsaturated/α-hetero) is 1. The average molecular weight is 449 g/mol. The first-order valence-corrected chi connectivity index (χ1v) is 11.1. The van der Waals surface area contributed by atoms with Crippen molar-refractivity contribution in [3.05, 3.63) is 77.3 Å². The lowest BCUT2D eigenvalue weighted by Gasteiger charge is -2.29. The van der Waals surface area contributed by atoms with Crippen LogP contribution in [0.25, 0.3) is 11.0 Å². The van der Waals surface area contributed by atoms with E-state index < -0.39 is 23.5 Å². The third-order valence-electron chi connectivity index (χ3n) is 6.17. The molecule has 0 unspecified atom stereocenters. The van der Waals surface area contributed by atoms with Crippen LogP contribution in [0.2, 0.25) is 0 Å². The van der Waals surface area contributed by atoms with Crippen LogP contribution in [0.5, 0.6) is 5.75 Å². The maximum Gasteiger partial charge on any atom is 0.290 e. The summed E-state index contributed by atoms with van der Waals surface area (Å²) in [6, 6.07) is 15.6. The van der Waals surface area contributed by atoms with Gasteiger partial charge in [0.2, 0.25) is 5.78 Å². The highest BCUT2D eigenvalue weighted by molar-refractivity contribution is 6.16. The molecule has 33 heavy (non-hydrogen) atoms. The Morgan fingerprint density at radius 3 is 2.52 bits per heavy atom. The van der Waals surface area contributed by atoms with Gasteiger partial charge in [-0.1, -0.05) is 56.3 Å². The Morgan fingerprint density at radius 2 is 1.85 bits per heavy atom. The van der Waals surface area contributed by atoms with E-state index in [0.29, 0.717) is 29.8 Å². The molecule has 0 saturated carbocycles. The van der Waals surface area contributed by atoms with E-state index in [1.165, 1.54) is 7.11 Å². The predicted molar refractivity (Wildman–Crippen MR) is 125 cm³/mol. The van der Waals surface area contributed by atoms with Gasteiger partial charge in [0.05, 0.1) is 18.7 Å². The van der Waals surface area contributed by atoms with E-state index in [9.17, 15) is 14.7 Å². The highest BCUT2D eigenvalue weighted by atomic mass is 16.5. The van der Waals surface area contributed by atoms with Gasteiger partial charge >= 0.3 is 0 Å². The summed E-state index contributed by atoms with van der Waals surface area (Å²) in [7, 11) is 1.53. The summed E-state index contributed by atoms with van der Waals surface area (Å²) in [6.07, 6.45) is 0. The van der Waals surface area contributed by atoms with Gasteiger partial charge in [-0.05, 0) is 30.8 Å². The van der Waals surface area contributed by atoms with Crippen molar-refractivity contribution >= 4 is 22.7 Å². The first kappa shape index (κ1) is 22.6. The van der Waals surface area contributed by atoms with Crippen molar-refractivity contribution in [2.75, 3.05) is 33.3 Å². The Balaban J connectivity index is 1.75. The molecule has 7 nitrogen and oxygen atoms in total. The topological polar surface area (TPSA) is 83.2 Å². The first-order valence-electron chi connectivity index (χ1n) is 11.1. The molecule has 0 saturated heterocycles. The number of hydrogen-bond donors (Lipinski definition) is 1. The summed E-state index contributed by atoms with van der Waals surface area (Å²) in [5, 5.41) is 11.5. The molecule has 1 atom stereocenters. The lowest BCUT2D eigenvalue weighted by atomic mass is 9.95. The van der Waals surface area contributed by atoms with Crippen molar-refractivity contribution in [2.45, 2.75) is 19.9 Å². The highest BCUT2D eigenvalue weighted by Crippen LogP contribution is 2.40. The number of benzene rings is 2. The molecule has 3 aromatic rings. The van der Waals surface area contributed by atoms with Gasteiger partial charge in [-0.2, -0.15) is 0 Å². The van der Waals surface area contributed by atoms with E-state index in [0.717, 1.165) is 18.7 Å². The van der Waals surface area contributed by atoms with Gasteiger partial charge in [-0.15, -0.1) is 0 Å². The number of methoxy groups -OCH3 is 1. The van der Waals surface area contributed by atoms with Gasteiger partial charge in [0, 0.05) is 18.5 Å². The van der Waals surface area contributed by atoms with Crippen LogP contribution in [0.15, 0.2) is 70.3 Å². The zero-order valence-electron chi connectivity index (χ0n) is 19.1. The van der Waals surface area contributed by atoms with Crippen molar-refractivity contribution in [3.8, 4) is 5.75 Å². The standard InChI is InChI=1S/C26H28N2O5/c1-4-27(5-2)14-15-28-22(17-10-7-6-8-11-17)21(24(30)26(28)31)23(29)20-16-18-12-9-13-19(32-3)25(18)33-20/h6-13,16,22,30H,4-5,14-15H2,1-3H3/t22-/m1/s1. The molecule has 1 N–H and O–H groups in total. The summed E-state index contributed by atoms with van der Waals surface area (Å²) in [4.78, 5) is 30.5. The Bertz CT molecular complexity index is 1190. The number of ketones is 1. The molecule has 0 aliphatic carbocycles. The number of para-hydroxylation sites is 1. The van der Waals surface area contributed by atoms with Crippen molar-refractivity contribution in [1.29, 1.82) is 0 Å². The number of aliphatic hydroxyl groups excluding tert-OH is 1. The second-order valence-electron chi connectivity index (χ2n) is 7.92. The summed E-state index contributed by atoms with van der Waals surface area (Å²) >= 11 is 0. The monoisotopic (exact) mass is 448 g/mol. The predicted octanol–water partition coefficient (Wildman–Crippen LogP) is 4.36. The molecule has 0 fully saturated rings. The summed E-state index contributed by atoms with van der Waals surface area (Å²) in [6.45, 7) is 6.84. The molecule has 7 heteroatoms. The number of hydrogen-bond acceptors (Lipinski definition) is 6. The van der Waals surface area contributed by atoms with Crippen LogP contribution in [0, 0.1) is 0 Å². The van der Waals surface area contributed by atoms with E-state index in [-0.39, 0.29) is 11.3 Å². The summed E-state index contributed by atoms with van der Waals surface area (Å²) in [5.74, 6) is -1.03. The molecular weight excluding hydrogens is 420 g/mol. The quantitative estimate of drug-likeness (QED) is 0.490. The molecule has 1 aliphatic heterocycles. The Labute approximate surface area is 192 Å². The van der Waals surface area contributed by atoms with Crippen LogP contribution < -0.4 is 4.74 Å². The third kappa shape index (κ3) is 4.12. The molecule has 1 aliphatic rings. The van der Waals surface area contributed by atoms with Gasteiger partial charge in [-0.25, -0.2) is 0 Å². The van der Waals surface area contributed by atoms with Crippen LogP contribution in [0.3, 0.4) is 0 Å². The number of amides is 1.